The number of fused-ring (bicyclic) bond motifs is 1. The quantitative estimate of drug-likeness (QED) is 0.805. The molecule has 1 aliphatic carbocycles. The molecule has 0 aromatic heterocycles. The minimum absolute atomic E-state index is 0.268. The number of terminal acetylenes is 1. The lowest BCUT2D eigenvalue weighted by molar-refractivity contribution is 0.402. The number of aryl methyl sites for hydroxylation is 1. The highest BCUT2D eigenvalue weighted by Gasteiger charge is 2.27. The van der Waals surface area contributed by atoms with Crippen LogP contribution in [0.4, 0.5) is 0 Å². The SMILES string of the molecule is C#CC(C)(C)NC1CCc2ccc(OC)cc21. The van der Waals surface area contributed by atoms with E-state index in [4.69, 9.17) is 11.2 Å². The van der Waals surface area contributed by atoms with Gasteiger partial charge in [-0.15, -0.1) is 6.42 Å². The highest BCUT2D eigenvalue weighted by atomic mass is 16.5. The lowest BCUT2D eigenvalue weighted by atomic mass is 10.0. The maximum atomic E-state index is 5.52. The third-order valence-corrected chi connectivity index (χ3v) is 3.33. The summed E-state index contributed by atoms with van der Waals surface area (Å²) in [5, 5.41) is 3.52. The van der Waals surface area contributed by atoms with E-state index >= 15 is 0 Å². The van der Waals surface area contributed by atoms with E-state index in [1.54, 1.807) is 7.11 Å². The fourth-order valence-corrected chi connectivity index (χ4v) is 2.33. The van der Waals surface area contributed by atoms with E-state index in [0.29, 0.717) is 6.04 Å². The molecule has 0 heterocycles. The van der Waals surface area contributed by atoms with Gasteiger partial charge in [0.25, 0.3) is 0 Å². The summed E-state index contributed by atoms with van der Waals surface area (Å²) < 4.78 is 5.28. The van der Waals surface area contributed by atoms with Crippen molar-refractivity contribution in [3.05, 3.63) is 29.3 Å². The first-order chi connectivity index (χ1) is 8.05. The molecule has 2 nitrogen and oxygen atoms in total. The lowest BCUT2D eigenvalue weighted by Crippen LogP contribution is -2.39. The molecular formula is C15H19NO. The van der Waals surface area contributed by atoms with Crippen LogP contribution in [0.1, 0.15) is 37.4 Å². The number of methoxy groups -OCH3 is 1. The largest absolute Gasteiger partial charge is 0.497 e. The molecule has 1 aromatic rings. The van der Waals surface area contributed by atoms with Crippen LogP contribution in [0.2, 0.25) is 0 Å². The van der Waals surface area contributed by atoms with E-state index in [0.717, 1.165) is 18.6 Å². The monoisotopic (exact) mass is 229 g/mol. The van der Waals surface area contributed by atoms with Gasteiger partial charge in [-0.25, -0.2) is 0 Å². The third-order valence-electron chi connectivity index (χ3n) is 3.33. The number of benzene rings is 1. The van der Waals surface area contributed by atoms with Gasteiger partial charge in [0, 0.05) is 6.04 Å². The number of hydrogen-bond acceptors (Lipinski definition) is 2. The van der Waals surface area contributed by atoms with E-state index < -0.39 is 0 Å². The van der Waals surface area contributed by atoms with Gasteiger partial charge in [-0.1, -0.05) is 12.0 Å². The van der Waals surface area contributed by atoms with Gasteiger partial charge < -0.3 is 4.74 Å². The van der Waals surface area contributed by atoms with Gasteiger partial charge in [0.1, 0.15) is 5.75 Å². The van der Waals surface area contributed by atoms with Crippen molar-refractivity contribution in [1.82, 2.24) is 5.32 Å². The first-order valence-electron chi connectivity index (χ1n) is 5.98. The molecule has 17 heavy (non-hydrogen) atoms. The molecule has 0 bridgehead atoms. The minimum atomic E-state index is -0.268. The van der Waals surface area contributed by atoms with Crippen molar-refractivity contribution in [2.45, 2.75) is 38.3 Å². The zero-order valence-electron chi connectivity index (χ0n) is 10.7. The Morgan fingerprint density at radius 3 is 2.88 bits per heavy atom. The Hall–Kier alpha value is -1.46. The van der Waals surface area contributed by atoms with Crippen LogP contribution in [0.15, 0.2) is 18.2 Å². The fraction of sp³-hybridized carbons (Fsp3) is 0.467. The second kappa shape index (κ2) is 4.43. The second-order valence-corrected chi connectivity index (χ2v) is 5.07. The van der Waals surface area contributed by atoms with Crippen molar-refractivity contribution in [3.8, 4) is 18.1 Å². The van der Waals surface area contributed by atoms with Crippen LogP contribution in [0.25, 0.3) is 0 Å². The zero-order chi connectivity index (χ0) is 12.5. The van der Waals surface area contributed by atoms with E-state index in [9.17, 15) is 0 Å². The van der Waals surface area contributed by atoms with Gasteiger partial charge in [-0.3, -0.25) is 5.32 Å². The molecule has 2 rings (SSSR count). The van der Waals surface area contributed by atoms with Gasteiger partial charge in [-0.2, -0.15) is 0 Å². The highest BCUT2D eigenvalue weighted by molar-refractivity contribution is 5.41. The molecule has 0 radical (unpaired) electrons. The summed E-state index contributed by atoms with van der Waals surface area (Å²) in [5.74, 6) is 3.70. The summed E-state index contributed by atoms with van der Waals surface area (Å²) in [6, 6.07) is 6.63. The van der Waals surface area contributed by atoms with Crippen LogP contribution in [0.5, 0.6) is 5.75 Å². The fourth-order valence-electron chi connectivity index (χ4n) is 2.33. The molecule has 0 spiro atoms. The summed E-state index contributed by atoms with van der Waals surface area (Å²) in [7, 11) is 1.70. The van der Waals surface area contributed by atoms with Crippen LogP contribution < -0.4 is 10.1 Å². The van der Waals surface area contributed by atoms with Crippen molar-refractivity contribution < 1.29 is 4.74 Å². The molecule has 0 amide bonds. The van der Waals surface area contributed by atoms with Gasteiger partial charge in [0.2, 0.25) is 0 Å². The Balaban J connectivity index is 2.24. The predicted octanol–water partition coefficient (Wildman–Crippen LogP) is 2.68. The first-order valence-corrected chi connectivity index (χ1v) is 5.98. The summed E-state index contributed by atoms with van der Waals surface area (Å²) in [6.07, 6.45) is 7.74. The normalized spacial score (nSPS) is 18.6. The van der Waals surface area contributed by atoms with Gasteiger partial charge in [0.05, 0.1) is 12.6 Å². The molecule has 1 aromatic carbocycles. The summed E-state index contributed by atoms with van der Waals surface area (Å²) in [4.78, 5) is 0. The molecule has 1 atom stereocenters. The number of rotatable bonds is 3. The van der Waals surface area contributed by atoms with E-state index in [1.807, 2.05) is 19.9 Å². The molecule has 2 heteroatoms. The molecule has 1 N–H and O–H groups in total. The van der Waals surface area contributed by atoms with Crippen molar-refractivity contribution in [1.29, 1.82) is 0 Å². The molecule has 0 fully saturated rings. The molecule has 0 aliphatic heterocycles. The molecule has 90 valence electrons. The van der Waals surface area contributed by atoms with E-state index in [-0.39, 0.29) is 5.54 Å². The Bertz CT molecular complexity index is 456. The Labute approximate surface area is 103 Å². The molecule has 0 saturated heterocycles. The second-order valence-electron chi connectivity index (χ2n) is 5.07. The Morgan fingerprint density at radius 1 is 1.47 bits per heavy atom. The van der Waals surface area contributed by atoms with Gasteiger partial charge >= 0.3 is 0 Å². The minimum Gasteiger partial charge on any atom is -0.497 e. The third kappa shape index (κ3) is 2.45. The van der Waals surface area contributed by atoms with Crippen LogP contribution in [0.3, 0.4) is 0 Å². The molecule has 1 unspecified atom stereocenters. The van der Waals surface area contributed by atoms with Crippen molar-refractivity contribution in [2.75, 3.05) is 7.11 Å². The van der Waals surface area contributed by atoms with Crippen molar-refractivity contribution in [2.24, 2.45) is 0 Å². The maximum Gasteiger partial charge on any atom is 0.119 e. The number of nitrogens with one attached hydrogen (secondary N) is 1. The number of hydrogen-bond donors (Lipinski definition) is 1. The average Bonchev–Trinajstić information content (AvgIpc) is 2.71. The van der Waals surface area contributed by atoms with Crippen LogP contribution >= 0.6 is 0 Å². The summed E-state index contributed by atoms with van der Waals surface area (Å²) in [6.45, 7) is 4.07. The van der Waals surface area contributed by atoms with E-state index in [2.05, 4.69) is 23.4 Å². The topological polar surface area (TPSA) is 21.3 Å². The molecule has 1 aliphatic rings. The molecular weight excluding hydrogens is 210 g/mol. The zero-order valence-corrected chi connectivity index (χ0v) is 10.7. The maximum absolute atomic E-state index is 5.52. The van der Waals surface area contributed by atoms with Crippen LogP contribution in [-0.2, 0) is 6.42 Å². The van der Waals surface area contributed by atoms with Gasteiger partial charge in [0.15, 0.2) is 0 Å². The Morgan fingerprint density at radius 2 is 2.24 bits per heavy atom. The standard InChI is InChI=1S/C15H19NO/c1-5-15(2,3)16-14-9-7-11-6-8-12(17-4)10-13(11)14/h1,6,8,10,14,16H,7,9H2,2-4H3. The number of ether oxygens (including phenoxy) is 1. The first kappa shape index (κ1) is 12.0. The van der Waals surface area contributed by atoms with Crippen LogP contribution in [-0.4, -0.2) is 12.6 Å². The van der Waals surface area contributed by atoms with Crippen LogP contribution in [0, 0.1) is 12.3 Å². The van der Waals surface area contributed by atoms with Crippen molar-refractivity contribution in [3.63, 3.8) is 0 Å². The van der Waals surface area contributed by atoms with E-state index in [1.165, 1.54) is 11.1 Å². The molecule has 0 saturated carbocycles. The predicted molar refractivity (Wildman–Crippen MR) is 70.1 cm³/mol. The highest BCUT2D eigenvalue weighted by Crippen LogP contribution is 2.34. The Kier molecular flexibility index (Phi) is 3.13. The van der Waals surface area contributed by atoms with Gasteiger partial charge in [-0.05, 0) is 49.9 Å². The summed E-state index contributed by atoms with van der Waals surface area (Å²) >= 11 is 0. The smallest absolute Gasteiger partial charge is 0.119 e. The average molecular weight is 229 g/mol. The summed E-state index contributed by atoms with van der Waals surface area (Å²) in [5.41, 5.74) is 2.46. The van der Waals surface area contributed by atoms with Crippen molar-refractivity contribution >= 4 is 0 Å². The lowest BCUT2D eigenvalue weighted by Gasteiger charge is -2.25.